The van der Waals surface area contributed by atoms with Crippen LogP contribution in [-0.2, 0) is 10.0 Å². The lowest BCUT2D eigenvalue weighted by atomic mass is 10.1. The summed E-state index contributed by atoms with van der Waals surface area (Å²) >= 11 is 5.76. The van der Waals surface area contributed by atoms with E-state index in [4.69, 9.17) is 11.6 Å². The van der Waals surface area contributed by atoms with Crippen LogP contribution < -0.4 is 4.31 Å². The summed E-state index contributed by atoms with van der Waals surface area (Å²) in [6.07, 6.45) is 0. The van der Waals surface area contributed by atoms with Gasteiger partial charge in [-0.25, -0.2) is 8.42 Å². The topological polar surface area (TPSA) is 54.5 Å². The molecule has 0 atom stereocenters. The van der Waals surface area contributed by atoms with Crippen LogP contribution in [0.15, 0.2) is 53.4 Å². The first-order valence-corrected chi connectivity index (χ1v) is 7.72. The molecular weight excluding hydrogens is 298 g/mol. The summed E-state index contributed by atoms with van der Waals surface area (Å²) in [5.41, 5.74) is 0.859. The minimum absolute atomic E-state index is 0.117. The number of para-hydroxylation sites is 1. The molecule has 0 bridgehead atoms. The molecule has 6 heteroatoms. The van der Waals surface area contributed by atoms with Crippen molar-refractivity contribution in [3.8, 4) is 0 Å². The fraction of sp³-hybridized carbons (Fsp3) is 0.0714. The summed E-state index contributed by atoms with van der Waals surface area (Å²) in [6, 6.07) is 12.6. The Balaban J connectivity index is 2.10. The Morgan fingerprint density at radius 2 is 1.65 bits per heavy atom. The predicted octanol–water partition coefficient (Wildman–Crippen LogP) is 2.73. The number of anilines is 1. The van der Waals surface area contributed by atoms with E-state index in [0.717, 1.165) is 4.31 Å². The van der Waals surface area contributed by atoms with Crippen LogP contribution in [0.5, 0.6) is 0 Å². The van der Waals surface area contributed by atoms with Crippen LogP contribution in [0.1, 0.15) is 10.4 Å². The van der Waals surface area contributed by atoms with E-state index in [2.05, 4.69) is 0 Å². The van der Waals surface area contributed by atoms with E-state index in [1.54, 1.807) is 24.3 Å². The third-order valence-corrected chi connectivity index (χ3v) is 5.19. The van der Waals surface area contributed by atoms with E-state index in [1.165, 1.54) is 24.3 Å². The summed E-state index contributed by atoms with van der Waals surface area (Å²) < 4.78 is 26.3. The number of ketones is 1. The third kappa shape index (κ3) is 1.99. The van der Waals surface area contributed by atoms with Gasteiger partial charge in [-0.1, -0.05) is 23.7 Å². The summed E-state index contributed by atoms with van der Waals surface area (Å²) in [5.74, 6) is -0.196. The second-order valence-electron chi connectivity index (χ2n) is 4.41. The Labute approximate surface area is 121 Å². The van der Waals surface area contributed by atoms with Crippen LogP contribution in [0, 0.1) is 0 Å². The maximum Gasteiger partial charge on any atom is 0.264 e. The molecule has 0 spiro atoms. The molecule has 0 saturated carbocycles. The van der Waals surface area contributed by atoms with Gasteiger partial charge in [-0.15, -0.1) is 0 Å². The zero-order valence-electron chi connectivity index (χ0n) is 10.3. The van der Waals surface area contributed by atoms with Crippen molar-refractivity contribution in [2.24, 2.45) is 0 Å². The molecule has 0 fully saturated rings. The first-order valence-electron chi connectivity index (χ1n) is 5.91. The highest BCUT2D eigenvalue weighted by atomic mass is 35.5. The van der Waals surface area contributed by atoms with Gasteiger partial charge < -0.3 is 0 Å². The van der Waals surface area contributed by atoms with Crippen LogP contribution in [-0.4, -0.2) is 20.7 Å². The zero-order chi connectivity index (χ0) is 14.3. The van der Waals surface area contributed by atoms with Crippen molar-refractivity contribution in [2.75, 3.05) is 10.8 Å². The van der Waals surface area contributed by atoms with Crippen molar-refractivity contribution in [1.29, 1.82) is 0 Å². The molecule has 20 heavy (non-hydrogen) atoms. The molecule has 0 aliphatic carbocycles. The van der Waals surface area contributed by atoms with E-state index in [1.807, 2.05) is 0 Å². The highest BCUT2D eigenvalue weighted by Crippen LogP contribution is 2.32. The number of benzene rings is 2. The van der Waals surface area contributed by atoms with E-state index in [-0.39, 0.29) is 17.2 Å². The van der Waals surface area contributed by atoms with Crippen molar-refractivity contribution in [3.63, 3.8) is 0 Å². The molecule has 4 nitrogen and oxygen atoms in total. The lowest BCUT2D eigenvalue weighted by Crippen LogP contribution is -2.30. The van der Waals surface area contributed by atoms with Crippen molar-refractivity contribution in [2.45, 2.75) is 4.90 Å². The van der Waals surface area contributed by atoms with Gasteiger partial charge in [0.15, 0.2) is 5.78 Å². The van der Waals surface area contributed by atoms with E-state index < -0.39 is 10.0 Å². The lowest BCUT2D eigenvalue weighted by molar-refractivity contribution is 0.101. The summed E-state index contributed by atoms with van der Waals surface area (Å²) in [6.45, 7) is -0.162. The molecular formula is C14H10ClNO3S. The van der Waals surface area contributed by atoms with Gasteiger partial charge in [-0.3, -0.25) is 9.10 Å². The maximum absolute atomic E-state index is 12.6. The second-order valence-corrected chi connectivity index (χ2v) is 6.70. The van der Waals surface area contributed by atoms with Crippen LogP contribution >= 0.6 is 11.6 Å². The molecule has 1 aliphatic rings. The molecule has 0 unspecified atom stereocenters. The molecule has 0 radical (unpaired) electrons. The number of nitrogens with zero attached hydrogens (tertiary/aromatic N) is 1. The van der Waals surface area contributed by atoms with Gasteiger partial charge in [0, 0.05) is 10.6 Å². The van der Waals surface area contributed by atoms with Gasteiger partial charge in [0.05, 0.1) is 17.1 Å². The Morgan fingerprint density at radius 3 is 2.35 bits per heavy atom. The first-order chi connectivity index (χ1) is 9.50. The molecule has 0 N–H and O–H groups in total. The van der Waals surface area contributed by atoms with Gasteiger partial charge >= 0.3 is 0 Å². The SMILES string of the molecule is O=C1CN(S(=O)(=O)c2ccc(Cl)cc2)c2ccccc21. The maximum atomic E-state index is 12.6. The molecule has 3 rings (SSSR count). The number of Topliss-reactive ketones (excluding diaryl/α,β-unsaturated/α-hetero) is 1. The van der Waals surface area contributed by atoms with Gasteiger partial charge in [-0.2, -0.15) is 0 Å². The first kappa shape index (κ1) is 13.1. The zero-order valence-corrected chi connectivity index (χ0v) is 11.9. The normalized spacial score (nSPS) is 14.4. The highest BCUT2D eigenvalue weighted by molar-refractivity contribution is 7.93. The molecule has 0 amide bonds. The average Bonchev–Trinajstić information content (AvgIpc) is 2.78. The number of fused-ring (bicyclic) bond motifs is 1. The molecule has 1 heterocycles. The van der Waals surface area contributed by atoms with Gasteiger partial charge in [-0.05, 0) is 36.4 Å². The smallest absolute Gasteiger partial charge is 0.264 e. The standard InChI is InChI=1S/C14H10ClNO3S/c15-10-5-7-11(8-6-10)20(18,19)16-9-14(17)12-3-1-2-4-13(12)16/h1-8H,9H2. The minimum Gasteiger partial charge on any atom is -0.292 e. The van der Waals surface area contributed by atoms with Gasteiger partial charge in [0.1, 0.15) is 0 Å². The fourth-order valence-electron chi connectivity index (χ4n) is 2.18. The Bertz CT molecular complexity index is 784. The Kier molecular flexibility index (Phi) is 3.03. The molecule has 0 aromatic heterocycles. The number of carbonyl (C=O) groups excluding carboxylic acids is 1. The second kappa shape index (κ2) is 4.61. The Morgan fingerprint density at radius 1 is 1.00 bits per heavy atom. The number of halogens is 1. The molecule has 2 aromatic rings. The largest absolute Gasteiger partial charge is 0.292 e. The van der Waals surface area contributed by atoms with E-state index in [0.29, 0.717) is 16.3 Å². The minimum atomic E-state index is -3.75. The lowest BCUT2D eigenvalue weighted by Gasteiger charge is -2.18. The van der Waals surface area contributed by atoms with Crippen molar-refractivity contribution < 1.29 is 13.2 Å². The molecule has 0 saturated heterocycles. The third-order valence-electron chi connectivity index (χ3n) is 3.16. The van der Waals surface area contributed by atoms with Crippen LogP contribution in [0.2, 0.25) is 5.02 Å². The van der Waals surface area contributed by atoms with Crippen molar-refractivity contribution >= 4 is 33.1 Å². The van der Waals surface area contributed by atoms with Crippen molar-refractivity contribution in [3.05, 3.63) is 59.1 Å². The summed E-state index contributed by atoms with van der Waals surface area (Å²) in [5, 5.41) is 0.460. The fourth-order valence-corrected chi connectivity index (χ4v) is 3.74. The Hall–Kier alpha value is -1.85. The number of carbonyl (C=O) groups is 1. The van der Waals surface area contributed by atoms with E-state index >= 15 is 0 Å². The van der Waals surface area contributed by atoms with Crippen LogP contribution in [0.25, 0.3) is 0 Å². The quantitative estimate of drug-likeness (QED) is 0.857. The predicted molar refractivity (Wildman–Crippen MR) is 76.8 cm³/mol. The summed E-state index contributed by atoms with van der Waals surface area (Å²) in [4.78, 5) is 12.0. The van der Waals surface area contributed by atoms with Crippen LogP contribution in [0.4, 0.5) is 5.69 Å². The van der Waals surface area contributed by atoms with Gasteiger partial charge in [0.25, 0.3) is 10.0 Å². The average molecular weight is 308 g/mol. The van der Waals surface area contributed by atoms with Crippen LogP contribution in [0.3, 0.4) is 0 Å². The number of hydrogen-bond donors (Lipinski definition) is 0. The molecule has 1 aliphatic heterocycles. The molecule has 102 valence electrons. The number of rotatable bonds is 2. The highest BCUT2D eigenvalue weighted by Gasteiger charge is 2.35. The number of hydrogen-bond acceptors (Lipinski definition) is 3. The summed E-state index contributed by atoms with van der Waals surface area (Å²) in [7, 11) is -3.75. The monoisotopic (exact) mass is 307 g/mol. The number of sulfonamides is 1. The van der Waals surface area contributed by atoms with E-state index in [9.17, 15) is 13.2 Å². The van der Waals surface area contributed by atoms with Crippen molar-refractivity contribution in [1.82, 2.24) is 0 Å². The van der Waals surface area contributed by atoms with Gasteiger partial charge in [0.2, 0.25) is 0 Å². The molecule has 2 aromatic carbocycles.